The molecule has 2 aliphatic rings. The summed E-state index contributed by atoms with van der Waals surface area (Å²) < 4.78 is 5.24. The first-order valence-corrected chi connectivity index (χ1v) is 7.46. The molecule has 0 bridgehead atoms. The molecule has 3 N–H and O–H groups in total. The third-order valence-corrected chi connectivity index (χ3v) is 4.61. The Bertz CT molecular complexity index is 558. The Morgan fingerprint density at radius 1 is 1.48 bits per heavy atom. The van der Waals surface area contributed by atoms with E-state index in [0.717, 1.165) is 42.1 Å². The van der Waals surface area contributed by atoms with Gasteiger partial charge >= 0.3 is 0 Å². The SMILES string of the molecule is COC[C@H]1CCC(=Nc2ccc3c(c2)[C@@H](N)[C@H](O)C3)N1C. The highest BCUT2D eigenvalue weighted by molar-refractivity contribution is 5.86. The standard InChI is InChI=1S/C16H23N3O2/c1-19-12(9-21-2)5-6-15(19)18-11-4-3-10-7-14(20)16(17)13(10)8-11/h3-4,8,12,14,16,20H,5-7,9,17H2,1-2H3/t12-,14-,16-/m1/s1. The van der Waals surface area contributed by atoms with E-state index < -0.39 is 6.10 Å². The van der Waals surface area contributed by atoms with Crippen molar-refractivity contribution >= 4 is 11.5 Å². The lowest BCUT2D eigenvalue weighted by Crippen LogP contribution is -2.32. The Labute approximate surface area is 125 Å². The van der Waals surface area contributed by atoms with E-state index in [1.165, 1.54) is 0 Å². The Kier molecular flexibility index (Phi) is 3.97. The number of rotatable bonds is 3. The number of amidine groups is 1. The summed E-state index contributed by atoms with van der Waals surface area (Å²) in [4.78, 5) is 6.96. The van der Waals surface area contributed by atoms with E-state index in [9.17, 15) is 5.11 Å². The highest BCUT2D eigenvalue weighted by Crippen LogP contribution is 2.33. The quantitative estimate of drug-likeness (QED) is 0.882. The van der Waals surface area contributed by atoms with Crippen LogP contribution in [0.4, 0.5) is 5.69 Å². The molecular formula is C16H23N3O2. The third-order valence-electron chi connectivity index (χ3n) is 4.61. The van der Waals surface area contributed by atoms with Gasteiger partial charge in [0.2, 0.25) is 0 Å². The molecule has 0 amide bonds. The van der Waals surface area contributed by atoms with Crippen LogP contribution in [0, 0.1) is 0 Å². The van der Waals surface area contributed by atoms with Crippen LogP contribution in [0.2, 0.25) is 0 Å². The van der Waals surface area contributed by atoms with E-state index in [1.807, 2.05) is 18.2 Å². The molecule has 1 aromatic carbocycles. The topological polar surface area (TPSA) is 71.1 Å². The van der Waals surface area contributed by atoms with Crippen molar-refractivity contribution in [2.24, 2.45) is 10.7 Å². The van der Waals surface area contributed by atoms with Crippen molar-refractivity contribution in [2.75, 3.05) is 20.8 Å². The fourth-order valence-electron chi connectivity index (χ4n) is 3.26. The third kappa shape index (κ3) is 2.69. The number of ether oxygens (including phenoxy) is 1. The number of aliphatic imine (C=N–C) groups is 1. The number of likely N-dealkylation sites (tertiary alicyclic amines) is 1. The molecule has 0 aromatic heterocycles. The van der Waals surface area contributed by atoms with Crippen molar-refractivity contribution in [1.82, 2.24) is 4.90 Å². The Hall–Kier alpha value is -1.43. The van der Waals surface area contributed by atoms with E-state index in [0.29, 0.717) is 12.5 Å². The first-order valence-electron chi connectivity index (χ1n) is 7.46. The number of hydrogen-bond acceptors (Lipinski definition) is 4. The van der Waals surface area contributed by atoms with Crippen LogP contribution in [0.1, 0.15) is 30.0 Å². The fraction of sp³-hybridized carbons (Fsp3) is 0.562. The first-order chi connectivity index (χ1) is 10.1. The minimum atomic E-state index is -0.469. The number of benzene rings is 1. The van der Waals surface area contributed by atoms with E-state index >= 15 is 0 Å². The maximum absolute atomic E-state index is 9.85. The predicted molar refractivity (Wildman–Crippen MR) is 82.8 cm³/mol. The number of nitrogens with two attached hydrogens (primary N) is 1. The van der Waals surface area contributed by atoms with E-state index in [1.54, 1.807) is 7.11 Å². The molecule has 0 spiro atoms. The van der Waals surface area contributed by atoms with Crippen LogP contribution in [0.5, 0.6) is 0 Å². The summed E-state index contributed by atoms with van der Waals surface area (Å²) in [6.45, 7) is 0.733. The number of nitrogens with zero attached hydrogens (tertiary/aromatic N) is 2. The summed E-state index contributed by atoms with van der Waals surface area (Å²) in [5.41, 5.74) is 9.11. The first kappa shape index (κ1) is 14.5. The molecule has 21 heavy (non-hydrogen) atoms. The molecule has 0 unspecified atom stereocenters. The second kappa shape index (κ2) is 5.75. The van der Waals surface area contributed by atoms with Crippen LogP contribution in [-0.2, 0) is 11.2 Å². The van der Waals surface area contributed by atoms with E-state index in [-0.39, 0.29) is 6.04 Å². The van der Waals surface area contributed by atoms with Gasteiger partial charge in [-0.05, 0) is 29.7 Å². The molecule has 114 valence electrons. The van der Waals surface area contributed by atoms with Crippen molar-refractivity contribution in [2.45, 2.75) is 37.5 Å². The van der Waals surface area contributed by atoms with Crippen molar-refractivity contribution in [3.8, 4) is 0 Å². The Morgan fingerprint density at radius 2 is 2.29 bits per heavy atom. The highest BCUT2D eigenvalue weighted by atomic mass is 16.5. The molecule has 3 rings (SSSR count). The van der Waals surface area contributed by atoms with Crippen LogP contribution in [0.15, 0.2) is 23.2 Å². The molecule has 1 aromatic rings. The summed E-state index contributed by atoms with van der Waals surface area (Å²) in [5, 5.41) is 9.85. The maximum Gasteiger partial charge on any atom is 0.105 e. The number of aliphatic hydroxyl groups is 1. The van der Waals surface area contributed by atoms with Gasteiger partial charge in [-0.15, -0.1) is 0 Å². The second-order valence-corrected chi connectivity index (χ2v) is 5.97. The van der Waals surface area contributed by atoms with Crippen molar-refractivity contribution < 1.29 is 9.84 Å². The molecule has 5 heteroatoms. The minimum Gasteiger partial charge on any atom is -0.391 e. The average Bonchev–Trinajstić information content (AvgIpc) is 2.95. The number of hydrogen-bond donors (Lipinski definition) is 2. The van der Waals surface area contributed by atoms with Gasteiger partial charge in [-0.2, -0.15) is 0 Å². The molecule has 5 nitrogen and oxygen atoms in total. The molecular weight excluding hydrogens is 266 g/mol. The van der Waals surface area contributed by atoms with Gasteiger partial charge < -0.3 is 20.5 Å². The van der Waals surface area contributed by atoms with Crippen molar-refractivity contribution in [3.05, 3.63) is 29.3 Å². The summed E-state index contributed by atoms with van der Waals surface area (Å²) >= 11 is 0. The van der Waals surface area contributed by atoms with Gasteiger partial charge in [-0.25, -0.2) is 4.99 Å². The normalized spacial score (nSPS) is 30.2. The fourth-order valence-corrected chi connectivity index (χ4v) is 3.26. The lowest BCUT2D eigenvalue weighted by molar-refractivity contribution is 0.144. The molecule has 0 saturated carbocycles. The van der Waals surface area contributed by atoms with Gasteiger partial charge in [0, 0.05) is 27.0 Å². The minimum absolute atomic E-state index is 0.289. The van der Waals surface area contributed by atoms with Crippen LogP contribution in [-0.4, -0.2) is 48.8 Å². The second-order valence-electron chi connectivity index (χ2n) is 5.97. The van der Waals surface area contributed by atoms with Crippen LogP contribution >= 0.6 is 0 Å². The lowest BCUT2D eigenvalue weighted by Gasteiger charge is -2.21. The molecule has 1 fully saturated rings. The largest absolute Gasteiger partial charge is 0.391 e. The monoisotopic (exact) mass is 289 g/mol. The number of fused-ring (bicyclic) bond motifs is 1. The van der Waals surface area contributed by atoms with Gasteiger partial charge in [0.05, 0.1) is 30.5 Å². The molecule has 1 aliphatic heterocycles. The van der Waals surface area contributed by atoms with Gasteiger partial charge in [-0.3, -0.25) is 0 Å². The number of methoxy groups -OCH3 is 1. The van der Waals surface area contributed by atoms with Crippen molar-refractivity contribution in [3.63, 3.8) is 0 Å². The van der Waals surface area contributed by atoms with Crippen molar-refractivity contribution in [1.29, 1.82) is 0 Å². The maximum atomic E-state index is 9.85. The number of likely N-dealkylation sites (N-methyl/N-ethyl adjacent to an activating group) is 1. The van der Waals surface area contributed by atoms with Crippen LogP contribution in [0.3, 0.4) is 0 Å². The van der Waals surface area contributed by atoms with Gasteiger partial charge in [0.1, 0.15) is 5.84 Å². The van der Waals surface area contributed by atoms with Gasteiger partial charge in [0.15, 0.2) is 0 Å². The zero-order valence-corrected chi connectivity index (χ0v) is 12.6. The Balaban J connectivity index is 1.82. The number of aliphatic hydroxyl groups excluding tert-OH is 1. The van der Waals surface area contributed by atoms with E-state index in [2.05, 4.69) is 11.9 Å². The lowest BCUT2D eigenvalue weighted by atomic mass is 10.1. The summed E-state index contributed by atoms with van der Waals surface area (Å²) in [5.74, 6) is 1.09. The molecule has 3 atom stereocenters. The van der Waals surface area contributed by atoms with Gasteiger partial charge in [-0.1, -0.05) is 6.07 Å². The molecule has 0 radical (unpaired) electrons. The van der Waals surface area contributed by atoms with Gasteiger partial charge in [0.25, 0.3) is 0 Å². The van der Waals surface area contributed by atoms with Crippen LogP contribution < -0.4 is 5.73 Å². The predicted octanol–water partition coefficient (Wildman–Crippen LogP) is 1.37. The zero-order valence-electron chi connectivity index (χ0n) is 12.6. The smallest absolute Gasteiger partial charge is 0.105 e. The summed E-state index contributed by atoms with van der Waals surface area (Å²) in [6.07, 6.45) is 2.22. The molecule has 1 heterocycles. The van der Waals surface area contributed by atoms with Crippen LogP contribution in [0.25, 0.3) is 0 Å². The zero-order chi connectivity index (χ0) is 15.0. The average molecular weight is 289 g/mol. The van der Waals surface area contributed by atoms with E-state index in [4.69, 9.17) is 15.5 Å². The molecule has 1 saturated heterocycles. The summed E-state index contributed by atoms with van der Waals surface area (Å²) in [6, 6.07) is 6.18. The summed E-state index contributed by atoms with van der Waals surface area (Å²) in [7, 11) is 3.80. The highest BCUT2D eigenvalue weighted by Gasteiger charge is 2.29. The Morgan fingerprint density at radius 3 is 3.05 bits per heavy atom. The molecule has 1 aliphatic carbocycles.